The zero-order chi connectivity index (χ0) is 13.7. The minimum absolute atomic E-state index is 0.0107. The van der Waals surface area contributed by atoms with Crippen molar-refractivity contribution in [1.82, 2.24) is 10.2 Å². The van der Waals surface area contributed by atoms with E-state index in [0.29, 0.717) is 12.5 Å². The average molecular weight is 263 g/mol. The molecule has 1 N–H and O–H groups in total. The van der Waals surface area contributed by atoms with Crippen molar-refractivity contribution >= 4 is 5.91 Å². The monoisotopic (exact) mass is 263 g/mol. The molecule has 4 nitrogen and oxygen atoms in total. The molecule has 0 bridgehead atoms. The van der Waals surface area contributed by atoms with Gasteiger partial charge in [-0.1, -0.05) is 19.3 Å². The topological polar surface area (TPSA) is 56.1 Å². The summed E-state index contributed by atoms with van der Waals surface area (Å²) >= 11 is 0. The molecule has 1 aliphatic carbocycles. The first-order chi connectivity index (χ1) is 9.14. The lowest BCUT2D eigenvalue weighted by Gasteiger charge is -2.27. The number of hydrogen-bond acceptors (Lipinski definition) is 3. The third-order valence-electron chi connectivity index (χ3n) is 4.34. The largest absolute Gasteiger partial charge is 0.337 e. The third-order valence-corrected chi connectivity index (χ3v) is 4.34. The Labute approximate surface area is 116 Å². The normalized spacial score (nSPS) is 24.6. The van der Waals surface area contributed by atoms with Crippen molar-refractivity contribution < 1.29 is 4.79 Å². The van der Waals surface area contributed by atoms with E-state index in [-0.39, 0.29) is 5.91 Å². The highest BCUT2D eigenvalue weighted by Gasteiger charge is 2.43. The molecule has 0 unspecified atom stereocenters. The fraction of sp³-hybridized carbons (Fsp3) is 0.867. The zero-order valence-electron chi connectivity index (χ0n) is 12.0. The highest BCUT2D eigenvalue weighted by Crippen LogP contribution is 2.39. The number of nitrogens with zero attached hydrogens (tertiary/aromatic N) is 2. The van der Waals surface area contributed by atoms with Gasteiger partial charge < -0.3 is 5.32 Å². The molecule has 0 aromatic carbocycles. The number of hydrogen-bond donors (Lipinski definition) is 1. The van der Waals surface area contributed by atoms with Crippen molar-refractivity contribution in [3.05, 3.63) is 0 Å². The van der Waals surface area contributed by atoms with E-state index in [4.69, 9.17) is 0 Å². The summed E-state index contributed by atoms with van der Waals surface area (Å²) in [6.07, 6.45) is 8.37. The van der Waals surface area contributed by atoms with Crippen LogP contribution in [-0.4, -0.2) is 36.0 Å². The summed E-state index contributed by atoms with van der Waals surface area (Å²) < 4.78 is 0. The lowest BCUT2D eigenvalue weighted by molar-refractivity contribution is -0.123. The van der Waals surface area contributed by atoms with Crippen molar-refractivity contribution in [3.63, 3.8) is 0 Å². The fourth-order valence-electron chi connectivity index (χ4n) is 2.89. The van der Waals surface area contributed by atoms with Gasteiger partial charge in [-0.25, -0.2) is 0 Å². The first-order valence-electron chi connectivity index (χ1n) is 7.59. The maximum atomic E-state index is 12.1. The molecule has 2 fully saturated rings. The van der Waals surface area contributed by atoms with E-state index in [2.05, 4.69) is 16.3 Å². The van der Waals surface area contributed by atoms with Crippen LogP contribution in [0.15, 0.2) is 0 Å². The Morgan fingerprint density at radius 2 is 1.84 bits per heavy atom. The summed E-state index contributed by atoms with van der Waals surface area (Å²) in [6.45, 7) is 4.33. The standard InChI is InChI=1S/C15H25N3O/c1-15(12-16,13-7-8-13)17-14(19)11-18-9-5-3-2-4-6-10-18/h13H,2-11H2,1H3,(H,17,19)/t15-/m0/s1. The van der Waals surface area contributed by atoms with Crippen molar-refractivity contribution in [1.29, 1.82) is 5.26 Å². The van der Waals surface area contributed by atoms with Gasteiger partial charge in [0.1, 0.15) is 5.54 Å². The van der Waals surface area contributed by atoms with Crippen LogP contribution in [0, 0.1) is 17.2 Å². The van der Waals surface area contributed by atoms with Gasteiger partial charge in [-0.3, -0.25) is 9.69 Å². The molecule has 2 aliphatic rings. The van der Waals surface area contributed by atoms with E-state index in [1.807, 2.05) is 6.92 Å². The molecule has 0 aromatic rings. The molecular formula is C15H25N3O. The summed E-state index contributed by atoms with van der Waals surface area (Å²) in [6, 6.07) is 2.28. The Morgan fingerprint density at radius 3 is 2.37 bits per heavy atom. The first kappa shape index (κ1) is 14.3. The molecule has 0 radical (unpaired) electrons. The van der Waals surface area contributed by atoms with Crippen LogP contribution >= 0.6 is 0 Å². The molecule has 1 heterocycles. The van der Waals surface area contributed by atoms with Gasteiger partial charge >= 0.3 is 0 Å². The van der Waals surface area contributed by atoms with Gasteiger partial charge in [-0.15, -0.1) is 0 Å². The van der Waals surface area contributed by atoms with E-state index in [1.165, 1.54) is 32.1 Å². The molecule has 1 atom stereocenters. The molecule has 1 amide bonds. The predicted molar refractivity (Wildman–Crippen MR) is 74.4 cm³/mol. The lowest BCUT2D eigenvalue weighted by Crippen LogP contribution is -2.50. The maximum Gasteiger partial charge on any atom is 0.235 e. The van der Waals surface area contributed by atoms with E-state index >= 15 is 0 Å². The summed E-state index contributed by atoms with van der Waals surface area (Å²) in [4.78, 5) is 14.3. The summed E-state index contributed by atoms with van der Waals surface area (Å²) in [5.41, 5.74) is -0.653. The summed E-state index contributed by atoms with van der Waals surface area (Å²) in [5, 5.41) is 12.2. The van der Waals surface area contributed by atoms with Crippen LogP contribution in [0.1, 0.15) is 51.9 Å². The van der Waals surface area contributed by atoms with E-state index in [9.17, 15) is 10.1 Å². The molecule has 1 aliphatic heterocycles. The number of amides is 1. The van der Waals surface area contributed by atoms with Crippen LogP contribution in [0.3, 0.4) is 0 Å². The van der Waals surface area contributed by atoms with Crippen LogP contribution in [0.5, 0.6) is 0 Å². The second kappa shape index (κ2) is 6.38. The van der Waals surface area contributed by atoms with Gasteiger partial charge in [0.05, 0.1) is 12.6 Å². The number of likely N-dealkylation sites (tertiary alicyclic amines) is 1. The Kier molecular flexibility index (Phi) is 4.81. The van der Waals surface area contributed by atoms with E-state index in [0.717, 1.165) is 25.9 Å². The second-order valence-corrected chi connectivity index (χ2v) is 6.18. The Hall–Kier alpha value is -1.08. The first-order valence-corrected chi connectivity index (χ1v) is 7.59. The number of carbonyl (C=O) groups excluding carboxylic acids is 1. The van der Waals surface area contributed by atoms with Crippen LogP contribution in [0.2, 0.25) is 0 Å². The van der Waals surface area contributed by atoms with Crippen LogP contribution in [-0.2, 0) is 4.79 Å². The van der Waals surface area contributed by atoms with Crippen molar-refractivity contribution in [2.45, 2.75) is 57.4 Å². The number of nitriles is 1. The van der Waals surface area contributed by atoms with Gasteiger partial charge in [-0.05, 0) is 51.6 Å². The fourth-order valence-corrected chi connectivity index (χ4v) is 2.89. The lowest BCUT2D eigenvalue weighted by atomic mass is 9.98. The van der Waals surface area contributed by atoms with E-state index < -0.39 is 5.54 Å². The molecule has 106 valence electrons. The third kappa shape index (κ3) is 4.21. The average Bonchev–Trinajstić information content (AvgIpc) is 3.16. The van der Waals surface area contributed by atoms with Gasteiger partial charge in [0.25, 0.3) is 0 Å². The van der Waals surface area contributed by atoms with Crippen molar-refractivity contribution in [2.24, 2.45) is 5.92 Å². The SMILES string of the molecule is C[C@@](C#N)(NC(=O)CN1CCCCCCC1)C1CC1. The minimum atomic E-state index is -0.653. The second-order valence-electron chi connectivity index (χ2n) is 6.18. The molecule has 19 heavy (non-hydrogen) atoms. The maximum absolute atomic E-state index is 12.1. The molecular weight excluding hydrogens is 238 g/mol. The van der Waals surface area contributed by atoms with Crippen molar-refractivity contribution in [2.75, 3.05) is 19.6 Å². The van der Waals surface area contributed by atoms with Crippen molar-refractivity contribution in [3.8, 4) is 6.07 Å². The molecule has 1 saturated heterocycles. The Balaban J connectivity index is 1.81. The van der Waals surface area contributed by atoms with Crippen LogP contribution < -0.4 is 5.32 Å². The van der Waals surface area contributed by atoms with Crippen LogP contribution in [0.4, 0.5) is 0 Å². The molecule has 0 spiro atoms. The molecule has 2 rings (SSSR count). The van der Waals surface area contributed by atoms with Gasteiger partial charge in [0.15, 0.2) is 0 Å². The zero-order valence-corrected chi connectivity index (χ0v) is 12.0. The van der Waals surface area contributed by atoms with E-state index in [1.54, 1.807) is 0 Å². The van der Waals surface area contributed by atoms with Gasteiger partial charge in [-0.2, -0.15) is 5.26 Å². The number of nitrogens with one attached hydrogen (secondary N) is 1. The van der Waals surface area contributed by atoms with Gasteiger partial charge in [0.2, 0.25) is 5.91 Å². The smallest absolute Gasteiger partial charge is 0.235 e. The highest BCUT2D eigenvalue weighted by molar-refractivity contribution is 5.79. The van der Waals surface area contributed by atoms with Crippen LogP contribution in [0.25, 0.3) is 0 Å². The van der Waals surface area contributed by atoms with Gasteiger partial charge in [0, 0.05) is 0 Å². The minimum Gasteiger partial charge on any atom is -0.337 e. The summed E-state index contributed by atoms with van der Waals surface area (Å²) in [7, 11) is 0. The molecule has 1 saturated carbocycles. The highest BCUT2D eigenvalue weighted by atomic mass is 16.2. The number of carbonyl (C=O) groups is 1. The number of rotatable bonds is 4. The Bertz CT molecular complexity index is 351. The summed E-state index contributed by atoms with van der Waals surface area (Å²) in [5.74, 6) is 0.366. The Morgan fingerprint density at radius 1 is 1.26 bits per heavy atom. The quantitative estimate of drug-likeness (QED) is 0.844. The predicted octanol–water partition coefficient (Wildman–Crippen LogP) is 2.06. The molecule has 4 heteroatoms. The molecule has 0 aromatic heterocycles.